The molecule has 2 N–H and O–H groups in total. The number of fused-ring (bicyclic) bond motifs is 1. The predicted octanol–water partition coefficient (Wildman–Crippen LogP) is 2.64. The van der Waals surface area contributed by atoms with E-state index < -0.39 is 0 Å². The lowest BCUT2D eigenvalue weighted by molar-refractivity contribution is 0.518. The van der Waals surface area contributed by atoms with E-state index in [1.165, 1.54) is 25.7 Å². The van der Waals surface area contributed by atoms with Gasteiger partial charge in [0.25, 0.3) is 0 Å². The molecule has 0 atom stereocenters. The van der Waals surface area contributed by atoms with Gasteiger partial charge >= 0.3 is 0 Å². The standard InChI is InChI=1S/C14H18N4/c15-12-8-6-11(7-9-12)14-17-16-13-5-3-1-2-4-10-18(13)14/h6-9H,1-5,10,15H2. The van der Waals surface area contributed by atoms with E-state index in [9.17, 15) is 0 Å². The lowest BCUT2D eigenvalue weighted by atomic mass is 10.1. The number of aryl methyl sites for hydroxylation is 1. The lowest BCUT2D eigenvalue weighted by Crippen LogP contribution is -2.08. The molecule has 0 spiro atoms. The van der Waals surface area contributed by atoms with Gasteiger partial charge in [-0.1, -0.05) is 12.8 Å². The average Bonchev–Trinajstić information content (AvgIpc) is 2.72. The Kier molecular flexibility index (Phi) is 3.00. The summed E-state index contributed by atoms with van der Waals surface area (Å²) in [7, 11) is 0. The van der Waals surface area contributed by atoms with Crippen LogP contribution in [0, 0.1) is 0 Å². The topological polar surface area (TPSA) is 56.7 Å². The van der Waals surface area contributed by atoms with E-state index in [1.54, 1.807) is 0 Å². The highest BCUT2D eigenvalue weighted by Gasteiger charge is 2.14. The van der Waals surface area contributed by atoms with Gasteiger partial charge in [-0.05, 0) is 37.1 Å². The van der Waals surface area contributed by atoms with E-state index in [2.05, 4.69) is 14.8 Å². The summed E-state index contributed by atoms with van der Waals surface area (Å²) in [5, 5.41) is 8.69. The smallest absolute Gasteiger partial charge is 0.163 e. The molecule has 0 amide bonds. The van der Waals surface area contributed by atoms with Gasteiger partial charge in [0.1, 0.15) is 5.82 Å². The van der Waals surface area contributed by atoms with E-state index in [4.69, 9.17) is 5.73 Å². The third-order valence-corrected chi connectivity index (χ3v) is 3.53. The number of nitrogens with two attached hydrogens (primary N) is 1. The molecule has 0 saturated heterocycles. The van der Waals surface area contributed by atoms with Gasteiger partial charge in [-0.3, -0.25) is 0 Å². The monoisotopic (exact) mass is 242 g/mol. The van der Waals surface area contributed by atoms with Crippen molar-refractivity contribution in [3.63, 3.8) is 0 Å². The minimum Gasteiger partial charge on any atom is -0.399 e. The molecule has 0 fully saturated rings. The lowest BCUT2D eigenvalue weighted by Gasteiger charge is -2.13. The summed E-state index contributed by atoms with van der Waals surface area (Å²) in [6.45, 7) is 1.03. The number of nitrogen functional groups attached to an aromatic ring is 1. The maximum atomic E-state index is 5.72. The summed E-state index contributed by atoms with van der Waals surface area (Å²) in [5.41, 5.74) is 7.60. The van der Waals surface area contributed by atoms with Gasteiger partial charge in [-0.15, -0.1) is 10.2 Å². The molecular formula is C14H18N4. The minimum absolute atomic E-state index is 0.783. The fraction of sp³-hybridized carbons (Fsp3) is 0.429. The maximum absolute atomic E-state index is 5.72. The van der Waals surface area contributed by atoms with Crippen molar-refractivity contribution in [2.24, 2.45) is 0 Å². The Morgan fingerprint density at radius 2 is 1.72 bits per heavy atom. The van der Waals surface area contributed by atoms with E-state index in [0.717, 1.165) is 35.9 Å². The zero-order valence-corrected chi connectivity index (χ0v) is 10.5. The second-order valence-corrected chi connectivity index (χ2v) is 4.88. The zero-order valence-electron chi connectivity index (χ0n) is 10.5. The number of benzene rings is 1. The summed E-state index contributed by atoms with van der Waals surface area (Å²) in [6.07, 6.45) is 6.09. The fourth-order valence-electron chi connectivity index (χ4n) is 2.51. The van der Waals surface area contributed by atoms with E-state index >= 15 is 0 Å². The first-order valence-corrected chi connectivity index (χ1v) is 6.62. The molecule has 2 aromatic rings. The van der Waals surface area contributed by atoms with Gasteiger partial charge in [0.15, 0.2) is 5.82 Å². The molecule has 1 aliphatic rings. The quantitative estimate of drug-likeness (QED) is 0.782. The van der Waals surface area contributed by atoms with Gasteiger partial charge < -0.3 is 10.3 Å². The van der Waals surface area contributed by atoms with Crippen LogP contribution in [-0.2, 0) is 13.0 Å². The highest BCUT2D eigenvalue weighted by Crippen LogP contribution is 2.22. The van der Waals surface area contributed by atoms with Crippen LogP contribution in [0.4, 0.5) is 5.69 Å². The van der Waals surface area contributed by atoms with Gasteiger partial charge in [0.2, 0.25) is 0 Å². The van der Waals surface area contributed by atoms with E-state index in [1.807, 2.05) is 24.3 Å². The Morgan fingerprint density at radius 3 is 2.56 bits per heavy atom. The van der Waals surface area contributed by atoms with Crippen molar-refractivity contribution in [1.82, 2.24) is 14.8 Å². The van der Waals surface area contributed by atoms with Crippen LogP contribution in [0.3, 0.4) is 0 Å². The second kappa shape index (κ2) is 4.80. The number of nitrogens with zero attached hydrogens (tertiary/aromatic N) is 3. The average molecular weight is 242 g/mol. The molecule has 18 heavy (non-hydrogen) atoms. The highest BCUT2D eigenvalue weighted by atomic mass is 15.3. The van der Waals surface area contributed by atoms with Crippen LogP contribution in [0.15, 0.2) is 24.3 Å². The molecule has 4 heteroatoms. The second-order valence-electron chi connectivity index (χ2n) is 4.88. The fourth-order valence-corrected chi connectivity index (χ4v) is 2.51. The number of hydrogen-bond acceptors (Lipinski definition) is 3. The number of rotatable bonds is 1. The molecule has 3 rings (SSSR count). The first kappa shape index (κ1) is 11.3. The molecular weight excluding hydrogens is 224 g/mol. The number of anilines is 1. The molecule has 0 radical (unpaired) electrons. The van der Waals surface area contributed by atoms with Crippen LogP contribution >= 0.6 is 0 Å². The van der Waals surface area contributed by atoms with Gasteiger partial charge in [-0.2, -0.15) is 0 Å². The largest absolute Gasteiger partial charge is 0.399 e. The summed E-state index contributed by atoms with van der Waals surface area (Å²) in [5.74, 6) is 2.11. The molecule has 0 unspecified atom stereocenters. The summed E-state index contributed by atoms with van der Waals surface area (Å²) in [4.78, 5) is 0. The minimum atomic E-state index is 0.783. The molecule has 0 saturated carbocycles. The third kappa shape index (κ3) is 2.10. The molecule has 2 heterocycles. The molecule has 4 nitrogen and oxygen atoms in total. The van der Waals surface area contributed by atoms with Crippen molar-refractivity contribution in [2.75, 3.05) is 5.73 Å². The van der Waals surface area contributed by atoms with Crippen LogP contribution in [-0.4, -0.2) is 14.8 Å². The van der Waals surface area contributed by atoms with Crippen molar-refractivity contribution < 1.29 is 0 Å². The van der Waals surface area contributed by atoms with Crippen molar-refractivity contribution >= 4 is 5.69 Å². The van der Waals surface area contributed by atoms with Crippen LogP contribution in [0.2, 0.25) is 0 Å². The van der Waals surface area contributed by atoms with Gasteiger partial charge in [0.05, 0.1) is 0 Å². The predicted molar refractivity (Wildman–Crippen MR) is 72.0 cm³/mol. The SMILES string of the molecule is Nc1ccc(-c2nnc3n2CCCCCC3)cc1. The van der Waals surface area contributed by atoms with E-state index in [0.29, 0.717) is 0 Å². The first-order chi connectivity index (χ1) is 8.84. The van der Waals surface area contributed by atoms with Gasteiger partial charge in [0, 0.05) is 24.2 Å². The number of aromatic nitrogens is 3. The van der Waals surface area contributed by atoms with Crippen LogP contribution < -0.4 is 5.73 Å². The molecule has 1 aliphatic heterocycles. The third-order valence-electron chi connectivity index (χ3n) is 3.53. The molecule has 0 bridgehead atoms. The Morgan fingerprint density at radius 1 is 0.944 bits per heavy atom. The van der Waals surface area contributed by atoms with E-state index in [-0.39, 0.29) is 0 Å². The molecule has 94 valence electrons. The normalized spacial score (nSPS) is 15.8. The summed E-state index contributed by atoms with van der Waals surface area (Å²) < 4.78 is 2.27. The van der Waals surface area contributed by atoms with Crippen LogP contribution in [0.1, 0.15) is 31.5 Å². The zero-order chi connectivity index (χ0) is 12.4. The van der Waals surface area contributed by atoms with Crippen molar-refractivity contribution in [1.29, 1.82) is 0 Å². The van der Waals surface area contributed by atoms with Crippen molar-refractivity contribution in [3.8, 4) is 11.4 Å². The Hall–Kier alpha value is -1.84. The first-order valence-electron chi connectivity index (χ1n) is 6.62. The Labute approximate surface area is 107 Å². The van der Waals surface area contributed by atoms with Gasteiger partial charge in [-0.25, -0.2) is 0 Å². The summed E-state index contributed by atoms with van der Waals surface area (Å²) >= 11 is 0. The maximum Gasteiger partial charge on any atom is 0.163 e. The summed E-state index contributed by atoms with van der Waals surface area (Å²) in [6, 6.07) is 7.87. The van der Waals surface area contributed by atoms with Crippen LogP contribution in [0.5, 0.6) is 0 Å². The molecule has 1 aromatic heterocycles. The van der Waals surface area contributed by atoms with Crippen LogP contribution in [0.25, 0.3) is 11.4 Å². The molecule has 1 aromatic carbocycles. The Balaban J connectivity index is 1.99. The number of hydrogen-bond donors (Lipinski definition) is 1. The van der Waals surface area contributed by atoms with Crippen molar-refractivity contribution in [3.05, 3.63) is 30.1 Å². The Bertz CT molecular complexity index is 527. The molecule has 0 aliphatic carbocycles. The highest BCUT2D eigenvalue weighted by molar-refractivity contribution is 5.59. The van der Waals surface area contributed by atoms with Crippen molar-refractivity contribution in [2.45, 2.75) is 38.6 Å².